The van der Waals surface area contributed by atoms with Crippen LogP contribution in [0.5, 0.6) is 0 Å². The van der Waals surface area contributed by atoms with Gasteiger partial charge in [0, 0.05) is 17.0 Å². The smallest absolute Gasteiger partial charge is 0.282 e. The number of rotatable bonds is 5. The molecule has 0 bridgehead atoms. The summed E-state index contributed by atoms with van der Waals surface area (Å²) in [6.45, 7) is 1.79. The van der Waals surface area contributed by atoms with Crippen molar-refractivity contribution in [2.75, 3.05) is 5.84 Å². The van der Waals surface area contributed by atoms with Gasteiger partial charge in [0.25, 0.3) is 5.56 Å². The maximum Gasteiger partial charge on any atom is 0.282 e. The topological polar surface area (TPSA) is 90.0 Å². The number of benzene rings is 1. The molecule has 1 aliphatic rings. The summed E-state index contributed by atoms with van der Waals surface area (Å²) in [6.07, 6.45) is 2.07. The largest absolute Gasteiger partial charge is 0.352 e. The highest BCUT2D eigenvalue weighted by atomic mass is 32.2. The highest BCUT2D eigenvalue weighted by molar-refractivity contribution is 8.00. The Labute approximate surface area is 158 Å². The van der Waals surface area contributed by atoms with Gasteiger partial charge in [-0.1, -0.05) is 42.1 Å². The van der Waals surface area contributed by atoms with E-state index in [0.717, 1.165) is 28.6 Å². The zero-order valence-electron chi connectivity index (χ0n) is 14.1. The first kappa shape index (κ1) is 17.1. The lowest BCUT2D eigenvalue weighted by molar-refractivity contribution is -0.120. The van der Waals surface area contributed by atoms with Crippen molar-refractivity contribution >= 4 is 39.2 Å². The minimum atomic E-state index is -0.372. The number of hydrogen-bond donors (Lipinski definition) is 2. The number of amides is 1. The van der Waals surface area contributed by atoms with Crippen LogP contribution in [0.3, 0.4) is 0 Å². The van der Waals surface area contributed by atoms with Crippen molar-refractivity contribution in [2.45, 2.75) is 36.2 Å². The first-order valence-electron chi connectivity index (χ1n) is 8.36. The summed E-state index contributed by atoms with van der Waals surface area (Å²) in [5, 5.41) is 5.37. The van der Waals surface area contributed by atoms with E-state index in [1.165, 1.54) is 23.1 Å². The van der Waals surface area contributed by atoms with Gasteiger partial charge in [0.15, 0.2) is 5.16 Å². The molecule has 3 N–H and O–H groups in total. The van der Waals surface area contributed by atoms with Crippen LogP contribution in [0.4, 0.5) is 0 Å². The van der Waals surface area contributed by atoms with E-state index >= 15 is 0 Å². The molecule has 1 fully saturated rings. The van der Waals surface area contributed by atoms with Gasteiger partial charge < -0.3 is 11.2 Å². The third kappa shape index (κ3) is 3.22. The van der Waals surface area contributed by atoms with Crippen molar-refractivity contribution in [3.05, 3.63) is 46.1 Å². The minimum Gasteiger partial charge on any atom is -0.352 e. The molecule has 1 amide bonds. The molecule has 134 valence electrons. The maximum atomic E-state index is 12.8. The van der Waals surface area contributed by atoms with Crippen molar-refractivity contribution in [3.63, 3.8) is 0 Å². The number of nitrogen functional groups attached to an aromatic ring is 1. The van der Waals surface area contributed by atoms with Crippen LogP contribution in [0.2, 0.25) is 0 Å². The molecule has 1 aliphatic carbocycles. The Balaban J connectivity index is 1.68. The SMILES string of the molecule is C[C@H](Sc1nc2scc(-c3ccccc3)c2c(=O)n1N)C(=O)NC1CC1. The minimum absolute atomic E-state index is 0.0528. The summed E-state index contributed by atoms with van der Waals surface area (Å²) < 4.78 is 1.05. The molecule has 1 atom stereocenters. The Hall–Kier alpha value is -2.32. The number of nitrogens with two attached hydrogens (primary N) is 1. The molecule has 8 heteroatoms. The number of fused-ring (bicyclic) bond motifs is 1. The molecule has 26 heavy (non-hydrogen) atoms. The van der Waals surface area contributed by atoms with Crippen LogP contribution < -0.4 is 16.7 Å². The Morgan fingerprint density at radius 1 is 1.38 bits per heavy atom. The van der Waals surface area contributed by atoms with Crippen molar-refractivity contribution in [1.82, 2.24) is 15.0 Å². The molecule has 0 aliphatic heterocycles. The van der Waals surface area contributed by atoms with Gasteiger partial charge in [-0.2, -0.15) is 0 Å². The van der Waals surface area contributed by atoms with E-state index in [1.807, 2.05) is 35.7 Å². The molecular formula is C18H18N4O2S2. The van der Waals surface area contributed by atoms with E-state index in [2.05, 4.69) is 10.3 Å². The highest BCUT2D eigenvalue weighted by Crippen LogP contribution is 2.32. The Morgan fingerprint density at radius 3 is 2.81 bits per heavy atom. The van der Waals surface area contributed by atoms with E-state index in [9.17, 15) is 9.59 Å². The van der Waals surface area contributed by atoms with Crippen molar-refractivity contribution in [3.8, 4) is 11.1 Å². The second kappa shape index (κ2) is 6.77. The molecule has 2 heterocycles. The molecule has 3 aromatic rings. The normalized spacial score (nSPS) is 15.1. The highest BCUT2D eigenvalue weighted by Gasteiger charge is 2.27. The van der Waals surface area contributed by atoms with E-state index in [0.29, 0.717) is 21.4 Å². The average Bonchev–Trinajstić information content (AvgIpc) is 3.36. The maximum absolute atomic E-state index is 12.8. The van der Waals surface area contributed by atoms with Gasteiger partial charge in [0.05, 0.1) is 10.6 Å². The van der Waals surface area contributed by atoms with Gasteiger partial charge in [-0.25, -0.2) is 9.66 Å². The fourth-order valence-corrected chi connectivity index (χ4v) is 4.48. The number of thiophene rings is 1. The van der Waals surface area contributed by atoms with Crippen LogP contribution in [0.1, 0.15) is 19.8 Å². The second-order valence-electron chi connectivity index (χ2n) is 6.31. The first-order valence-corrected chi connectivity index (χ1v) is 10.1. The third-order valence-electron chi connectivity index (χ3n) is 4.27. The van der Waals surface area contributed by atoms with Crippen LogP contribution in [0.15, 0.2) is 45.7 Å². The van der Waals surface area contributed by atoms with Gasteiger partial charge in [-0.3, -0.25) is 9.59 Å². The number of hydrogen-bond acceptors (Lipinski definition) is 6. The molecular weight excluding hydrogens is 368 g/mol. The van der Waals surface area contributed by atoms with Crippen LogP contribution in [-0.4, -0.2) is 26.9 Å². The molecule has 0 radical (unpaired) electrons. The predicted molar refractivity (Wildman–Crippen MR) is 106 cm³/mol. The lowest BCUT2D eigenvalue weighted by Crippen LogP contribution is -2.34. The van der Waals surface area contributed by atoms with Crippen molar-refractivity contribution < 1.29 is 4.79 Å². The first-order chi connectivity index (χ1) is 12.5. The van der Waals surface area contributed by atoms with Gasteiger partial charge in [-0.05, 0) is 25.3 Å². The van der Waals surface area contributed by atoms with Gasteiger partial charge in [-0.15, -0.1) is 11.3 Å². The van der Waals surface area contributed by atoms with E-state index < -0.39 is 0 Å². The lowest BCUT2D eigenvalue weighted by atomic mass is 10.1. The molecule has 0 spiro atoms. The van der Waals surface area contributed by atoms with Crippen LogP contribution in [0.25, 0.3) is 21.3 Å². The number of thioether (sulfide) groups is 1. The van der Waals surface area contributed by atoms with Gasteiger partial charge in [0.1, 0.15) is 4.83 Å². The fourth-order valence-electron chi connectivity index (χ4n) is 2.66. The van der Waals surface area contributed by atoms with E-state index in [1.54, 1.807) is 6.92 Å². The summed E-state index contributed by atoms with van der Waals surface area (Å²) >= 11 is 2.61. The molecule has 0 saturated heterocycles. The molecule has 1 saturated carbocycles. The summed E-state index contributed by atoms with van der Waals surface area (Å²) in [4.78, 5) is 30.2. The number of carbonyl (C=O) groups is 1. The summed E-state index contributed by atoms with van der Waals surface area (Å²) in [5.41, 5.74) is 1.49. The van der Waals surface area contributed by atoms with E-state index in [-0.39, 0.29) is 16.7 Å². The molecule has 0 unspecified atom stereocenters. The van der Waals surface area contributed by atoms with Crippen LogP contribution in [0, 0.1) is 0 Å². The summed E-state index contributed by atoms with van der Waals surface area (Å²) in [6, 6.07) is 9.99. The fraction of sp³-hybridized carbons (Fsp3) is 0.278. The Bertz CT molecular complexity index is 1020. The Kier molecular flexibility index (Phi) is 4.46. The van der Waals surface area contributed by atoms with Gasteiger partial charge in [0.2, 0.25) is 5.91 Å². The molecule has 1 aromatic carbocycles. The molecule has 4 rings (SSSR count). The van der Waals surface area contributed by atoms with Crippen molar-refractivity contribution in [1.29, 1.82) is 0 Å². The quantitative estimate of drug-likeness (QED) is 0.400. The summed E-state index contributed by atoms with van der Waals surface area (Å²) in [7, 11) is 0. The zero-order chi connectivity index (χ0) is 18.3. The lowest BCUT2D eigenvalue weighted by Gasteiger charge is -2.13. The van der Waals surface area contributed by atoms with Gasteiger partial charge >= 0.3 is 0 Å². The number of aromatic nitrogens is 2. The zero-order valence-corrected chi connectivity index (χ0v) is 15.8. The standard InChI is InChI=1S/C18H18N4O2S2/c1-10(15(23)20-12-7-8-12)26-18-21-16-14(17(24)22(18)19)13(9-25-16)11-5-3-2-4-6-11/h2-6,9-10,12H,7-8,19H2,1H3,(H,20,23)/t10-/m0/s1. The Morgan fingerprint density at radius 2 is 2.12 bits per heavy atom. The number of nitrogens with one attached hydrogen (secondary N) is 1. The third-order valence-corrected chi connectivity index (χ3v) is 6.21. The second-order valence-corrected chi connectivity index (χ2v) is 8.47. The van der Waals surface area contributed by atoms with Crippen LogP contribution >= 0.6 is 23.1 Å². The van der Waals surface area contributed by atoms with Crippen LogP contribution in [-0.2, 0) is 4.79 Å². The van der Waals surface area contributed by atoms with Crippen molar-refractivity contribution in [2.24, 2.45) is 0 Å². The number of carbonyl (C=O) groups excluding carboxylic acids is 1. The molecule has 2 aromatic heterocycles. The van der Waals surface area contributed by atoms with E-state index in [4.69, 9.17) is 5.84 Å². The monoisotopic (exact) mass is 386 g/mol. The summed E-state index contributed by atoms with van der Waals surface area (Å²) in [5.74, 6) is 5.96. The number of nitrogens with zero attached hydrogens (tertiary/aromatic N) is 2. The molecule has 6 nitrogen and oxygen atoms in total. The predicted octanol–water partition coefficient (Wildman–Crippen LogP) is 2.60. The average molecular weight is 387 g/mol.